The van der Waals surface area contributed by atoms with Gasteiger partial charge < -0.3 is 10.5 Å². The van der Waals surface area contributed by atoms with Crippen LogP contribution in [-0.2, 0) is 9.53 Å². The van der Waals surface area contributed by atoms with Gasteiger partial charge in [0.2, 0.25) is 0 Å². The van der Waals surface area contributed by atoms with E-state index in [1.54, 1.807) is 0 Å². The van der Waals surface area contributed by atoms with Crippen molar-refractivity contribution in [3.63, 3.8) is 0 Å². The molecule has 78 valence electrons. The van der Waals surface area contributed by atoms with Crippen molar-refractivity contribution in [2.45, 2.75) is 26.3 Å². The molecule has 0 aromatic rings. The van der Waals surface area contributed by atoms with Crippen molar-refractivity contribution in [2.24, 2.45) is 5.73 Å². The summed E-state index contributed by atoms with van der Waals surface area (Å²) < 4.78 is 4.60. The van der Waals surface area contributed by atoms with Gasteiger partial charge in [0.15, 0.2) is 0 Å². The zero-order valence-corrected chi connectivity index (χ0v) is 8.75. The molecule has 0 saturated carbocycles. The minimum absolute atomic E-state index is 0.200. The highest BCUT2D eigenvalue weighted by molar-refractivity contribution is 5.71. The first-order valence-electron chi connectivity index (χ1n) is 4.66. The molecule has 1 atom stereocenters. The van der Waals surface area contributed by atoms with Gasteiger partial charge in [0.25, 0.3) is 0 Å². The second-order valence-electron chi connectivity index (χ2n) is 3.13. The molecule has 0 aromatic carbocycles. The molecule has 0 aliphatic heterocycles. The number of carbonyl (C=O) groups excluding carboxylic acids is 1. The lowest BCUT2D eigenvalue weighted by Gasteiger charge is -2.26. The molecular formula is C9H20N2O2. The molecule has 0 amide bonds. The highest BCUT2D eigenvalue weighted by atomic mass is 16.5. The van der Waals surface area contributed by atoms with E-state index in [2.05, 4.69) is 11.7 Å². The van der Waals surface area contributed by atoms with Crippen LogP contribution in [0.5, 0.6) is 0 Å². The molecule has 0 bridgehead atoms. The summed E-state index contributed by atoms with van der Waals surface area (Å²) in [7, 11) is 1.40. The maximum atomic E-state index is 11.0. The van der Waals surface area contributed by atoms with Gasteiger partial charge >= 0.3 is 5.97 Å². The maximum Gasteiger partial charge on any atom is 0.319 e. The minimum Gasteiger partial charge on any atom is -0.468 e. The van der Waals surface area contributed by atoms with Gasteiger partial charge in [-0.1, -0.05) is 6.92 Å². The standard InChI is InChI=1S/C9H20N2O2/c1-4-5-11(8(2)6-10)7-9(12)13-3/h8H,4-7,10H2,1-3H3. The van der Waals surface area contributed by atoms with E-state index in [1.807, 2.05) is 11.8 Å². The molecule has 1 unspecified atom stereocenters. The summed E-state index contributed by atoms with van der Waals surface area (Å²) in [5, 5.41) is 0. The lowest BCUT2D eigenvalue weighted by atomic mass is 10.2. The molecule has 4 heteroatoms. The van der Waals surface area contributed by atoms with Crippen molar-refractivity contribution in [2.75, 3.05) is 26.7 Å². The number of ether oxygens (including phenoxy) is 1. The molecule has 0 spiro atoms. The largest absolute Gasteiger partial charge is 0.468 e. The van der Waals surface area contributed by atoms with Crippen molar-refractivity contribution in [3.05, 3.63) is 0 Å². The summed E-state index contributed by atoms with van der Waals surface area (Å²) in [5.74, 6) is -0.200. The maximum absolute atomic E-state index is 11.0. The molecule has 0 aromatic heterocycles. The van der Waals surface area contributed by atoms with Crippen LogP contribution in [0.4, 0.5) is 0 Å². The minimum atomic E-state index is -0.200. The average molecular weight is 188 g/mol. The lowest BCUT2D eigenvalue weighted by Crippen LogP contribution is -2.42. The summed E-state index contributed by atoms with van der Waals surface area (Å²) in [4.78, 5) is 13.0. The second kappa shape index (κ2) is 6.86. The first-order chi connectivity index (χ1) is 6.15. The molecule has 13 heavy (non-hydrogen) atoms. The van der Waals surface area contributed by atoms with Crippen molar-refractivity contribution in [1.29, 1.82) is 0 Å². The van der Waals surface area contributed by atoms with Crippen molar-refractivity contribution >= 4 is 5.97 Å². The Morgan fingerprint density at radius 2 is 2.23 bits per heavy atom. The van der Waals surface area contributed by atoms with E-state index in [-0.39, 0.29) is 12.0 Å². The zero-order chi connectivity index (χ0) is 10.3. The van der Waals surface area contributed by atoms with E-state index >= 15 is 0 Å². The molecule has 0 fully saturated rings. The van der Waals surface area contributed by atoms with Crippen LogP contribution >= 0.6 is 0 Å². The average Bonchev–Trinajstić information content (AvgIpc) is 2.15. The molecule has 0 aliphatic carbocycles. The molecule has 0 saturated heterocycles. The number of esters is 1. The Labute approximate surface area is 80.0 Å². The van der Waals surface area contributed by atoms with Crippen LogP contribution in [0.2, 0.25) is 0 Å². The van der Waals surface area contributed by atoms with E-state index in [1.165, 1.54) is 7.11 Å². The van der Waals surface area contributed by atoms with Gasteiger partial charge in [-0.3, -0.25) is 9.69 Å². The fourth-order valence-corrected chi connectivity index (χ4v) is 1.12. The van der Waals surface area contributed by atoms with Gasteiger partial charge in [0.05, 0.1) is 13.7 Å². The van der Waals surface area contributed by atoms with Gasteiger partial charge in [-0.2, -0.15) is 0 Å². The van der Waals surface area contributed by atoms with Crippen molar-refractivity contribution in [3.8, 4) is 0 Å². The van der Waals surface area contributed by atoms with Crippen LogP contribution in [0.3, 0.4) is 0 Å². The van der Waals surface area contributed by atoms with Gasteiger partial charge in [-0.05, 0) is 19.9 Å². The third-order valence-electron chi connectivity index (χ3n) is 2.04. The first kappa shape index (κ1) is 12.4. The third-order valence-corrected chi connectivity index (χ3v) is 2.04. The smallest absolute Gasteiger partial charge is 0.319 e. The van der Waals surface area contributed by atoms with Gasteiger partial charge in [0.1, 0.15) is 0 Å². The molecule has 0 rings (SSSR count). The Hall–Kier alpha value is -0.610. The number of hydrogen-bond acceptors (Lipinski definition) is 4. The van der Waals surface area contributed by atoms with Crippen LogP contribution in [0.1, 0.15) is 20.3 Å². The number of carbonyl (C=O) groups is 1. The number of methoxy groups -OCH3 is 1. The monoisotopic (exact) mass is 188 g/mol. The molecule has 0 radical (unpaired) electrons. The number of nitrogens with two attached hydrogens (primary N) is 1. The van der Waals surface area contributed by atoms with Gasteiger partial charge in [0, 0.05) is 12.6 Å². The van der Waals surface area contributed by atoms with Crippen LogP contribution in [0.15, 0.2) is 0 Å². The SMILES string of the molecule is CCCN(CC(=O)OC)C(C)CN. The lowest BCUT2D eigenvalue weighted by molar-refractivity contribution is -0.142. The highest BCUT2D eigenvalue weighted by Crippen LogP contribution is 1.99. The predicted octanol–water partition coefficient (Wildman–Crippen LogP) is 0.219. The fourth-order valence-electron chi connectivity index (χ4n) is 1.12. The molecule has 4 nitrogen and oxygen atoms in total. The number of rotatable bonds is 6. The normalized spacial score (nSPS) is 13.0. The molecule has 0 heterocycles. The van der Waals surface area contributed by atoms with Gasteiger partial charge in [-0.15, -0.1) is 0 Å². The topological polar surface area (TPSA) is 55.6 Å². The summed E-state index contributed by atoms with van der Waals surface area (Å²) in [5.41, 5.74) is 5.53. The number of nitrogens with zero attached hydrogens (tertiary/aromatic N) is 1. The summed E-state index contributed by atoms with van der Waals surface area (Å²) >= 11 is 0. The van der Waals surface area contributed by atoms with Crippen LogP contribution in [0.25, 0.3) is 0 Å². The molecule has 2 N–H and O–H groups in total. The van der Waals surface area contributed by atoms with Crippen LogP contribution in [-0.4, -0.2) is 43.7 Å². The van der Waals surface area contributed by atoms with Crippen molar-refractivity contribution in [1.82, 2.24) is 4.90 Å². The summed E-state index contributed by atoms with van der Waals surface area (Å²) in [6.07, 6.45) is 1.02. The van der Waals surface area contributed by atoms with E-state index < -0.39 is 0 Å². The van der Waals surface area contributed by atoms with E-state index in [9.17, 15) is 4.79 Å². The van der Waals surface area contributed by atoms with Crippen molar-refractivity contribution < 1.29 is 9.53 Å². The quantitative estimate of drug-likeness (QED) is 0.606. The Balaban J connectivity index is 4.00. The summed E-state index contributed by atoms with van der Waals surface area (Å²) in [6.45, 7) is 5.87. The summed E-state index contributed by atoms with van der Waals surface area (Å²) in [6, 6.07) is 0.235. The Morgan fingerprint density at radius 3 is 2.62 bits per heavy atom. The number of hydrogen-bond donors (Lipinski definition) is 1. The Morgan fingerprint density at radius 1 is 1.62 bits per heavy atom. The predicted molar refractivity (Wildman–Crippen MR) is 52.4 cm³/mol. The van der Waals surface area contributed by atoms with E-state index in [4.69, 9.17) is 5.73 Å². The fraction of sp³-hybridized carbons (Fsp3) is 0.889. The van der Waals surface area contributed by atoms with Gasteiger partial charge in [-0.25, -0.2) is 0 Å². The molecule has 0 aliphatic rings. The molecular weight excluding hydrogens is 168 g/mol. The zero-order valence-electron chi connectivity index (χ0n) is 8.75. The Kier molecular flexibility index (Phi) is 6.54. The van der Waals surface area contributed by atoms with E-state index in [0.717, 1.165) is 13.0 Å². The first-order valence-corrected chi connectivity index (χ1v) is 4.66. The van der Waals surface area contributed by atoms with E-state index in [0.29, 0.717) is 13.1 Å². The Bertz CT molecular complexity index is 151. The third kappa shape index (κ3) is 4.85. The highest BCUT2D eigenvalue weighted by Gasteiger charge is 2.14. The van der Waals surface area contributed by atoms with Crippen LogP contribution < -0.4 is 5.73 Å². The second-order valence-corrected chi connectivity index (χ2v) is 3.13. The van der Waals surface area contributed by atoms with Crippen LogP contribution in [0, 0.1) is 0 Å².